The Morgan fingerprint density at radius 3 is 2.25 bits per heavy atom. The standard InChI is InChI=1S/C15H28O5/c1-7-8-18-10-12(3)19-14(17)11(2)9-13(16)20-15(4,5)6/h11-12H,7-10H2,1-6H3/t11-,12+/m1/s1. The smallest absolute Gasteiger partial charge is 0.309 e. The highest BCUT2D eigenvalue weighted by Gasteiger charge is 2.24. The Morgan fingerprint density at radius 2 is 1.75 bits per heavy atom. The first-order valence-corrected chi connectivity index (χ1v) is 7.15. The molecule has 0 aromatic carbocycles. The molecule has 0 aliphatic rings. The number of carbonyl (C=O) groups is 2. The van der Waals surface area contributed by atoms with Gasteiger partial charge in [-0.05, 0) is 34.1 Å². The third-order valence-corrected chi connectivity index (χ3v) is 2.31. The maximum Gasteiger partial charge on any atom is 0.309 e. The van der Waals surface area contributed by atoms with Gasteiger partial charge in [0.25, 0.3) is 0 Å². The van der Waals surface area contributed by atoms with Crippen molar-refractivity contribution in [3.05, 3.63) is 0 Å². The van der Waals surface area contributed by atoms with Gasteiger partial charge < -0.3 is 14.2 Å². The molecule has 20 heavy (non-hydrogen) atoms. The van der Waals surface area contributed by atoms with E-state index < -0.39 is 23.5 Å². The summed E-state index contributed by atoms with van der Waals surface area (Å²) in [6.07, 6.45) is 0.643. The monoisotopic (exact) mass is 288 g/mol. The fourth-order valence-corrected chi connectivity index (χ4v) is 1.46. The number of hydrogen-bond donors (Lipinski definition) is 0. The highest BCUT2D eigenvalue weighted by molar-refractivity contribution is 5.79. The second-order valence-corrected chi connectivity index (χ2v) is 6.01. The summed E-state index contributed by atoms with van der Waals surface area (Å²) in [6.45, 7) is 11.8. The number of rotatable bonds is 8. The number of hydrogen-bond acceptors (Lipinski definition) is 5. The largest absolute Gasteiger partial charge is 0.460 e. The average molecular weight is 288 g/mol. The number of esters is 2. The summed E-state index contributed by atoms with van der Waals surface area (Å²) >= 11 is 0. The van der Waals surface area contributed by atoms with Gasteiger partial charge in [0, 0.05) is 6.61 Å². The molecule has 2 atom stereocenters. The Bertz CT molecular complexity index is 306. The van der Waals surface area contributed by atoms with Crippen molar-refractivity contribution in [2.24, 2.45) is 5.92 Å². The van der Waals surface area contributed by atoms with Crippen molar-refractivity contribution >= 4 is 11.9 Å². The second-order valence-electron chi connectivity index (χ2n) is 6.01. The Balaban J connectivity index is 4.05. The van der Waals surface area contributed by atoms with Crippen molar-refractivity contribution in [3.8, 4) is 0 Å². The van der Waals surface area contributed by atoms with E-state index in [-0.39, 0.29) is 12.5 Å². The zero-order valence-electron chi connectivity index (χ0n) is 13.5. The Labute approximate surface area is 122 Å². The molecule has 0 radical (unpaired) electrons. The first-order chi connectivity index (χ1) is 9.15. The molecule has 0 aromatic heterocycles. The minimum atomic E-state index is -0.540. The Kier molecular flexibility index (Phi) is 8.46. The van der Waals surface area contributed by atoms with Gasteiger partial charge in [-0.2, -0.15) is 0 Å². The fraction of sp³-hybridized carbons (Fsp3) is 0.867. The summed E-state index contributed by atoms with van der Waals surface area (Å²) in [5.41, 5.74) is -0.540. The van der Waals surface area contributed by atoms with Gasteiger partial charge in [0.2, 0.25) is 0 Å². The molecule has 0 bridgehead atoms. The van der Waals surface area contributed by atoms with Crippen molar-refractivity contribution in [1.29, 1.82) is 0 Å². The molecule has 0 rings (SSSR count). The summed E-state index contributed by atoms with van der Waals surface area (Å²) in [6, 6.07) is 0. The van der Waals surface area contributed by atoms with Crippen LogP contribution in [0, 0.1) is 5.92 Å². The van der Waals surface area contributed by atoms with Crippen molar-refractivity contribution in [2.75, 3.05) is 13.2 Å². The van der Waals surface area contributed by atoms with Gasteiger partial charge in [0.1, 0.15) is 11.7 Å². The molecule has 0 spiro atoms. The summed E-state index contributed by atoms with van der Waals surface area (Å²) in [4.78, 5) is 23.4. The molecule has 0 aliphatic carbocycles. The van der Waals surface area contributed by atoms with Gasteiger partial charge in [-0.3, -0.25) is 9.59 Å². The lowest BCUT2D eigenvalue weighted by molar-refractivity contribution is -0.164. The van der Waals surface area contributed by atoms with E-state index >= 15 is 0 Å². The van der Waals surface area contributed by atoms with Crippen LogP contribution in [0.3, 0.4) is 0 Å². The predicted octanol–water partition coefficient (Wildman–Crippen LogP) is 2.71. The molecule has 0 heterocycles. The molecule has 0 saturated carbocycles. The maximum absolute atomic E-state index is 11.8. The van der Waals surface area contributed by atoms with E-state index in [2.05, 4.69) is 0 Å². The van der Waals surface area contributed by atoms with E-state index in [1.54, 1.807) is 34.6 Å². The van der Waals surface area contributed by atoms with Crippen molar-refractivity contribution < 1.29 is 23.8 Å². The lowest BCUT2D eigenvalue weighted by Gasteiger charge is -2.21. The maximum atomic E-state index is 11.8. The highest BCUT2D eigenvalue weighted by atomic mass is 16.6. The van der Waals surface area contributed by atoms with Gasteiger partial charge >= 0.3 is 11.9 Å². The van der Waals surface area contributed by atoms with E-state index in [1.807, 2.05) is 6.92 Å². The first kappa shape index (κ1) is 18.9. The van der Waals surface area contributed by atoms with Crippen LogP contribution < -0.4 is 0 Å². The zero-order chi connectivity index (χ0) is 15.8. The van der Waals surface area contributed by atoms with Crippen LogP contribution in [0.15, 0.2) is 0 Å². The Morgan fingerprint density at radius 1 is 1.15 bits per heavy atom. The molecule has 0 amide bonds. The molecule has 118 valence electrons. The number of carbonyl (C=O) groups excluding carboxylic acids is 2. The minimum absolute atomic E-state index is 0.0264. The van der Waals surface area contributed by atoms with Crippen LogP contribution in [-0.4, -0.2) is 36.9 Å². The van der Waals surface area contributed by atoms with Crippen LogP contribution in [0.4, 0.5) is 0 Å². The molecular weight excluding hydrogens is 260 g/mol. The molecule has 0 fully saturated rings. The average Bonchev–Trinajstić information content (AvgIpc) is 2.26. The zero-order valence-corrected chi connectivity index (χ0v) is 13.5. The summed E-state index contributed by atoms with van der Waals surface area (Å²) in [5.74, 6) is -1.31. The molecule has 0 saturated heterocycles. The topological polar surface area (TPSA) is 61.8 Å². The van der Waals surface area contributed by atoms with Gasteiger partial charge in [-0.15, -0.1) is 0 Å². The minimum Gasteiger partial charge on any atom is -0.460 e. The van der Waals surface area contributed by atoms with Crippen LogP contribution in [0.5, 0.6) is 0 Å². The normalized spacial score (nSPS) is 14.5. The third kappa shape index (κ3) is 9.78. The second kappa shape index (κ2) is 8.95. The quantitative estimate of drug-likeness (QED) is 0.507. The van der Waals surface area contributed by atoms with Crippen LogP contribution in [-0.2, 0) is 23.8 Å². The third-order valence-electron chi connectivity index (χ3n) is 2.31. The molecule has 0 aliphatic heterocycles. The van der Waals surface area contributed by atoms with Gasteiger partial charge in [-0.1, -0.05) is 13.8 Å². The number of ether oxygens (including phenoxy) is 3. The first-order valence-electron chi connectivity index (χ1n) is 7.15. The molecule has 0 aromatic rings. The summed E-state index contributed by atoms with van der Waals surface area (Å²) in [5, 5.41) is 0. The van der Waals surface area contributed by atoms with Crippen LogP contribution in [0.1, 0.15) is 54.4 Å². The van der Waals surface area contributed by atoms with Gasteiger partial charge in [0.05, 0.1) is 18.9 Å². The molecular formula is C15H28O5. The van der Waals surface area contributed by atoms with E-state index in [4.69, 9.17) is 14.2 Å². The summed E-state index contributed by atoms with van der Waals surface area (Å²) in [7, 11) is 0. The lowest BCUT2D eigenvalue weighted by atomic mass is 10.1. The van der Waals surface area contributed by atoms with E-state index in [1.165, 1.54) is 0 Å². The molecule has 5 nitrogen and oxygen atoms in total. The van der Waals surface area contributed by atoms with Gasteiger partial charge in [-0.25, -0.2) is 0 Å². The van der Waals surface area contributed by atoms with E-state index in [0.29, 0.717) is 13.2 Å². The SMILES string of the molecule is CCCOC[C@H](C)OC(=O)[C@H](C)CC(=O)OC(C)(C)C. The fourth-order valence-electron chi connectivity index (χ4n) is 1.46. The van der Waals surface area contributed by atoms with Crippen molar-refractivity contribution in [1.82, 2.24) is 0 Å². The summed E-state index contributed by atoms with van der Waals surface area (Å²) < 4.78 is 15.7. The van der Waals surface area contributed by atoms with Gasteiger partial charge in [0.15, 0.2) is 0 Å². The van der Waals surface area contributed by atoms with E-state index in [0.717, 1.165) is 6.42 Å². The molecule has 0 unspecified atom stereocenters. The highest BCUT2D eigenvalue weighted by Crippen LogP contribution is 2.13. The van der Waals surface area contributed by atoms with E-state index in [9.17, 15) is 9.59 Å². The van der Waals surface area contributed by atoms with Crippen molar-refractivity contribution in [2.45, 2.75) is 66.1 Å². The molecule has 0 N–H and O–H groups in total. The predicted molar refractivity (Wildman–Crippen MR) is 76.3 cm³/mol. The van der Waals surface area contributed by atoms with Crippen LogP contribution in [0.2, 0.25) is 0 Å². The van der Waals surface area contributed by atoms with Crippen LogP contribution in [0.25, 0.3) is 0 Å². The van der Waals surface area contributed by atoms with Crippen LogP contribution >= 0.6 is 0 Å². The Hall–Kier alpha value is -1.10. The van der Waals surface area contributed by atoms with Crippen molar-refractivity contribution in [3.63, 3.8) is 0 Å². The lowest BCUT2D eigenvalue weighted by Crippen LogP contribution is -2.29. The molecule has 5 heteroatoms.